The Morgan fingerprint density at radius 3 is 3.06 bits per heavy atom. The Morgan fingerprint density at radius 2 is 2.35 bits per heavy atom. The summed E-state index contributed by atoms with van der Waals surface area (Å²) in [5.41, 5.74) is 0.937. The topological polar surface area (TPSA) is 57.0 Å². The summed E-state index contributed by atoms with van der Waals surface area (Å²) in [6.07, 6.45) is 6.10. The van der Waals surface area contributed by atoms with Gasteiger partial charge in [0.1, 0.15) is 9.88 Å². The molecule has 0 aliphatic rings. The highest BCUT2D eigenvalue weighted by molar-refractivity contribution is 7.16. The second kappa shape index (κ2) is 5.09. The molecule has 0 saturated heterocycles. The van der Waals surface area contributed by atoms with E-state index in [1.165, 1.54) is 24.6 Å². The molecular weight excluding hydrogens is 238 g/mol. The standard InChI is InChI=1S/C11H13N3O2S/c1-3-4-14-7-12-5-8(14)10-13-6-9(17-10)11(15)16-2/h5-7H,3-4H2,1-2H3. The molecule has 0 N–H and O–H groups in total. The van der Waals surface area contributed by atoms with E-state index in [9.17, 15) is 4.79 Å². The van der Waals surface area contributed by atoms with E-state index < -0.39 is 0 Å². The minimum atomic E-state index is -0.352. The maximum Gasteiger partial charge on any atom is 0.349 e. The number of rotatable bonds is 4. The fourth-order valence-electron chi connectivity index (χ4n) is 1.51. The Kier molecular flexibility index (Phi) is 3.53. The number of esters is 1. The maximum atomic E-state index is 11.3. The van der Waals surface area contributed by atoms with Gasteiger partial charge in [-0.15, -0.1) is 11.3 Å². The molecule has 0 bridgehead atoms. The van der Waals surface area contributed by atoms with Gasteiger partial charge in [-0.3, -0.25) is 0 Å². The zero-order valence-corrected chi connectivity index (χ0v) is 10.5. The van der Waals surface area contributed by atoms with Gasteiger partial charge in [0, 0.05) is 6.54 Å². The lowest BCUT2D eigenvalue weighted by atomic mass is 10.4. The van der Waals surface area contributed by atoms with E-state index >= 15 is 0 Å². The highest BCUT2D eigenvalue weighted by atomic mass is 32.1. The first-order chi connectivity index (χ1) is 8.26. The highest BCUT2D eigenvalue weighted by Crippen LogP contribution is 2.25. The Labute approximate surface area is 103 Å². The van der Waals surface area contributed by atoms with Gasteiger partial charge in [0.2, 0.25) is 0 Å². The number of carbonyl (C=O) groups is 1. The van der Waals surface area contributed by atoms with Gasteiger partial charge < -0.3 is 9.30 Å². The van der Waals surface area contributed by atoms with Crippen molar-refractivity contribution in [2.45, 2.75) is 19.9 Å². The number of hydrogen-bond acceptors (Lipinski definition) is 5. The van der Waals surface area contributed by atoms with Crippen molar-refractivity contribution in [2.24, 2.45) is 0 Å². The van der Waals surface area contributed by atoms with Crippen molar-refractivity contribution in [3.63, 3.8) is 0 Å². The van der Waals surface area contributed by atoms with Gasteiger partial charge in [-0.05, 0) is 6.42 Å². The first kappa shape index (κ1) is 11.8. The van der Waals surface area contributed by atoms with Crippen LogP contribution in [-0.2, 0) is 11.3 Å². The second-order valence-electron chi connectivity index (χ2n) is 3.49. The predicted molar refractivity (Wildman–Crippen MR) is 65.0 cm³/mol. The van der Waals surface area contributed by atoms with Crippen LogP contribution in [0.2, 0.25) is 0 Å². The molecule has 2 aromatic rings. The summed E-state index contributed by atoms with van der Waals surface area (Å²) >= 11 is 1.32. The molecule has 0 aliphatic heterocycles. The Morgan fingerprint density at radius 1 is 1.53 bits per heavy atom. The average Bonchev–Trinajstić information content (AvgIpc) is 2.96. The molecule has 0 radical (unpaired) electrons. The first-order valence-electron chi connectivity index (χ1n) is 5.31. The van der Waals surface area contributed by atoms with Crippen LogP contribution in [0.15, 0.2) is 18.7 Å². The molecule has 17 heavy (non-hydrogen) atoms. The third-order valence-electron chi connectivity index (χ3n) is 2.29. The van der Waals surface area contributed by atoms with Crippen molar-refractivity contribution >= 4 is 17.3 Å². The number of methoxy groups -OCH3 is 1. The fourth-order valence-corrected chi connectivity index (χ4v) is 2.37. The average molecular weight is 251 g/mol. The summed E-state index contributed by atoms with van der Waals surface area (Å²) in [5.74, 6) is -0.352. The molecule has 5 nitrogen and oxygen atoms in total. The number of carbonyl (C=O) groups excluding carboxylic acids is 1. The molecule has 6 heteroatoms. The summed E-state index contributed by atoms with van der Waals surface area (Å²) in [6, 6.07) is 0. The lowest BCUT2D eigenvalue weighted by molar-refractivity contribution is 0.0606. The van der Waals surface area contributed by atoms with Crippen molar-refractivity contribution in [1.29, 1.82) is 0 Å². The smallest absolute Gasteiger partial charge is 0.349 e. The zero-order valence-electron chi connectivity index (χ0n) is 9.71. The quantitative estimate of drug-likeness (QED) is 0.782. The van der Waals surface area contributed by atoms with Gasteiger partial charge in [-0.1, -0.05) is 6.92 Å². The van der Waals surface area contributed by atoms with Crippen LogP contribution in [-0.4, -0.2) is 27.6 Å². The lowest BCUT2D eigenvalue weighted by Gasteiger charge is -2.02. The van der Waals surface area contributed by atoms with Gasteiger partial charge in [0.05, 0.1) is 31.5 Å². The number of hydrogen-bond donors (Lipinski definition) is 0. The fraction of sp³-hybridized carbons (Fsp3) is 0.364. The summed E-state index contributed by atoms with van der Waals surface area (Å²) in [7, 11) is 1.36. The molecule has 0 unspecified atom stereocenters. The molecule has 0 aromatic carbocycles. The second-order valence-corrected chi connectivity index (χ2v) is 4.52. The Hall–Kier alpha value is -1.69. The maximum absolute atomic E-state index is 11.3. The van der Waals surface area contributed by atoms with Crippen LogP contribution in [0.5, 0.6) is 0 Å². The van der Waals surface area contributed by atoms with Crippen LogP contribution >= 0.6 is 11.3 Å². The molecule has 2 rings (SSSR count). The van der Waals surface area contributed by atoms with Crippen molar-refractivity contribution < 1.29 is 9.53 Å². The van der Waals surface area contributed by atoms with Gasteiger partial charge in [-0.2, -0.15) is 0 Å². The molecule has 90 valence electrons. The van der Waals surface area contributed by atoms with E-state index in [1.807, 2.05) is 4.57 Å². The van der Waals surface area contributed by atoms with E-state index in [-0.39, 0.29) is 5.97 Å². The third-order valence-corrected chi connectivity index (χ3v) is 3.29. The number of nitrogens with zero attached hydrogens (tertiary/aromatic N) is 3. The number of ether oxygens (including phenoxy) is 1. The van der Waals surface area contributed by atoms with Crippen LogP contribution in [0.4, 0.5) is 0 Å². The number of thiazole rings is 1. The Balaban J connectivity index is 2.30. The molecule has 0 spiro atoms. The molecule has 2 heterocycles. The SMILES string of the molecule is CCCn1cncc1-c1ncc(C(=O)OC)s1. The largest absolute Gasteiger partial charge is 0.465 e. The van der Waals surface area contributed by atoms with Crippen molar-refractivity contribution in [1.82, 2.24) is 14.5 Å². The molecule has 0 amide bonds. The summed E-state index contributed by atoms with van der Waals surface area (Å²) in [6.45, 7) is 2.99. The van der Waals surface area contributed by atoms with Crippen molar-refractivity contribution in [3.8, 4) is 10.7 Å². The summed E-state index contributed by atoms with van der Waals surface area (Å²) < 4.78 is 6.68. The number of imidazole rings is 1. The minimum absolute atomic E-state index is 0.352. The summed E-state index contributed by atoms with van der Waals surface area (Å²) in [4.78, 5) is 20.2. The summed E-state index contributed by atoms with van der Waals surface area (Å²) in [5, 5.41) is 0.788. The Bertz CT molecular complexity index is 518. The molecule has 0 fully saturated rings. The van der Waals surface area contributed by atoms with Crippen LogP contribution in [0.1, 0.15) is 23.0 Å². The number of aromatic nitrogens is 3. The van der Waals surface area contributed by atoms with Gasteiger partial charge in [0.15, 0.2) is 0 Å². The third kappa shape index (κ3) is 2.36. The molecule has 0 saturated carbocycles. The van der Waals surface area contributed by atoms with E-state index in [0.717, 1.165) is 23.7 Å². The van der Waals surface area contributed by atoms with Crippen LogP contribution < -0.4 is 0 Å². The zero-order chi connectivity index (χ0) is 12.3. The molecule has 0 aliphatic carbocycles. The van der Waals surface area contributed by atoms with Gasteiger partial charge in [0.25, 0.3) is 0 Å². The molecule has 0 atom stereocenters. The van der Waals surface area contributed by atoms with Crippen molar-refractivity contribution in [2.75, 3.05) is 7.11 Å². The monoisotopic (exact) mass is 251 g/mol. The normalized spacial score (nSPS) is 10.5. The lowest BCUT2D eigenvalue weighted by Crippen LogP contribution is -1.97. The van der Waals surface area contributed by atoms with E-state index in [2.05, 4.69) is 21.6 Å². The van der Waals surface area contributed by atoms with Crippen molar-refractivity contribution in [3.05, 3.63) is 23.6 Å². The first-order valence-corrected chi connectivity index (χ1v) is 6.12. The number of aryl methyl sites for hydroxylation is 1. The molecule has 2 aromatic heterocycles. The van der Waals surface area contributed by atoms with Crippen LogP contribution in [0.3, 0.4) is 0 Å². The van der Waals surface area contributed by atoms with E-state index in [1.54, 1.807) is 12.5 Å². The molecular formula is C11H13N3O2S. The minimum Gasteiger partial charge on any atom is -0.465 e. The predicted octanol–water partition coefficient (Wildman–Crippen LogP) is 2.20. The van der Waals surface area contributed by atoms with Gasteiger partial charge in [-0.25, -0.2) is 14.8 Å². The van der Waals surface area contributed by atoms with E-state index in [4.69, 9.17) is 0 Å². The van der Waals surface area contributed by atoms with E-state index in [0.29, 0.717) is 4.88 Å². The van der Waals surface area contributed by atoms with Crippen LogP contribution in [0.25, 0.3) is 10.7 Å². The van der Waals surface area contributed by atoms with Crippen LogP contribution in [0, 0.1) is 0 Å². The highest BCUT2D eigenvalue weighted by Gasteiger charge is 2.14. The van der Waals surface area contributed by atoms with Gasteiger partial charge >= 0.3 is 5.97 Å².